The van der Waals surface area contributed by atoms with Crippen molar-refractivity contribution in [1.29, 1.82) is 0 Å². The fourth-order valence-corrected chi connectivity index (χ4v) is 8.13. The third-order valence-corrected chi connectivity index (χ3v) is 10.2. The summed E-state index contributed by atoms with van der Waals surface area (Å²) < 4.78 is 27.9. The number of halogens is 3. The number of nitrogens with zero attached hydrogens (tertiary/aromatic N) is 5. The first-order valence-electron chi connectivity index (χ1n) is 15.3. The standard InChI is InChI=1S/C38H25ClF2N6S2/c39-33-19-31(34-28(21-49-38(34)46-33)23-7-11-25(40)12-8-23)45-36(30-6-2-4-17-43-30)47(20-27-5-1-3-16-42-27)32-15-18-44-37-35(32)29(22-48-37)24-9-13-26(41)14-10-24/h1-19,21-22,36H,20H2,(H,45,46). The molecular formula is C38H25ClF2N6S2. The zero-order chi connectivity index (χ0) is 33.3. The Hall–Kier alpha value is -5.29. The predicted molar refractivity (Wildman–Crippen MR) is 196 cm³/mol. The summed E-state index contributed by atoms with van der Waals surface area (Å²) in [6, 6.07) is 28.4. The van der Waals surface area contributed by atoms with Gasteiger partial charge in [0.05, 0.1) is 29.3 Å². The van der Waals surface area contributed by atoms with E-state index in [1.807, 2.05) is 53.9 Å². The number of rotatable bonds is 9. The maximum Gasteiger partial charge on any atom is 0.143 e. The van der Waals surface area contributed by atoms with Crippen LogP contribution in [0.3, 0.4) is 0 Å². The zero-order valence-corrected chi connectivity index (χ0v) is 28.0. The minimum Gasteiger partial charge on any atom is -0.360 e. The molecule has 1 unspecified atom stereocenters. The molecular weight excluding hydrogens is 678 g/mol. The average molecular weight is 703 g/mol. The van der Waals surface area contributed by atoms with Crippen molar-refractivity contribution in [2.24, 2.45) is 0 Å². The third-order valence-electron chi connectivity index (χ3n) is 8.21. The molecule has 1 N–H and O–H groups in total. The van der Waals surface area contributed by atoms with Crippen molar-refractivity contribution < 1.29 is 8.78 Å². The summed E-state index contributed by atoms with van der Waals surface area (Å²) in [4.78, 5) is 22.7. The number of aromatic nitrogens is 4. The van der Waals surface area contributed by atoms with Crippen LogP contribution >= 0.6 is 34.3 Å². The van der Waals surface area contributed by atoms with E-state index in [-0.39, 0.29) is 11.6 Å². The van der Waals surface area contributed by atoms with E-state index in [9.17, 15) is 8.78 Å². The minimum absolute atomic E-state index is 0.298. The lowest BCUT2D eigenvalue weighted by atomic mass is 10.0. The SMILES string of the molecule is Fc1ccc(-c2csc3nc(Cl)cc(NC(c4ccccn4)N(Cc4ccccn4)c4ccnc5scc(-c6ccc(F)cc6)c45)c23)cc1. The molecule has 0 saturated carbocycles. The monoisotopic (exact) mass is 702 g/mol. The molecule has 1 atom stereocenters. The van der Waals surface area contributed by atoms with Crippen LogP contribution in [0.1, 0.15) is 17.6 Å². The summed E-state index contributed by atoms with van der Waals surface area (Å²) >= 11 is 9.66. The molecule has 0 aliphatic rings. The first-order chi connectivity index (χ1) is 24.0. The molecule has 0 saturated heterocycles. The Balaban J connectivity index is 1.34. The quantitative estimate of drug-likeness (QED) is 0.119. The van der Waals surface area contributed by atoms with E-state index < -0.39 is 6.17 Å². The van der Waals surface area contributed by atoms with Crippen LogP contribution in [0.15, 0.2) is 126 Å². The second-order valence-corrected chi connectivity index (χ2v) is 13.3. The van der Waals surface area contributed by atoms with Gasteiger partial charge in [-0.3, -0.25) is 9.97 Å². The molecule has 6 heterocycles. The molecule has 0 aliphatic heterocycles. The molecule has 49 heavy (non-hydrogen) atoms. The summed E-state index contributed by atoms with van der Waals surface area (Å²) in [5.74, 6) is -0.603. The first-order valence-corrected chi connectivity index (χ1v) is 17.5. The van der Waals surface area contributed by atoms with Gasteiger partial charge >= 0.3 is 0 Å². The van der Waals surface area contributed by atoms with Gasteiger partial charge in [-0.25, -0.2) is 18.7 Å². The first kappa shape index (κ1) is 31.0. The molecule has 8 aromatic rings. The number of fused-ring (bicyclic) bond motifs is 2. The molecule has 0 radical (unpaired) electrons. The second-order valence-electron chi connectivity index (χ2n) is 11.2. The van der Waals surface area contributed by atoms with Crippen LogP contribution in [0, 0.1) is 11.6 Å². The van der Waals surface area contributed by atoms with Gasteiger partial charge in [0.25, 0.3) is 0 Å². The largest absolute Gasteiger partial charge is 0.360 e. The van der Waals surface area contributed by atoms with Gasteiger partial charge in [0.15, 0.2) is 0 Å². The van der Waals surface area contributed by atoms with Crippen molar-refractivity contribution in [2.75, 3.05) is 10.2 Å². The Morgan fingerprint density at radius 3 is 2.00 bits per heavy atom. The molecule has 11 heteroatoms. The van der Waals surface area contributed by atoms with Crippen molar-refractivity contribution in [1.82, 2.24) is 19.9 Å². The average Bonchev–Trinajstić information content (AvgIpc) is 3.76. The highest BCUT2D eigenvalue weighted by molar-refractivity contribution is 7.17. The molecule has 0 spiro atoms. The fraction of sp³-hybridized carbons (Fsp3) is 0.0526. The number of anilines is 2. The number of nitrogens with one attached hydrogen (secondary N) is 1. The van der Waals surface area contributed by atoms with Crippen LogP contribution in [0.25, 0.3) is 42.7 Å². The van der Waals surface area contributed by atoms with Crippen molar-refractivity contribution in [3.8, 4) is 22.3 Å². The zero-order valence-electron chi connectivity index (χ0n) is 25.6. The van der Waals surface area contributed by atoms with E-state index in [0.717, 1.165) is 65.4 Å². The molecule has 8 rings (SSSR count). The molecule has 0 bridgehead atoms. The Morgan fingerprint density at radius 1 is 0.694 bits per heavy atom. The van der Waals surface area contributed by atoms with Crippen molar-refractivity contribution in [2.45, 2.75) is 12.7 Å². The number of hydrogen-bond acceptors (Lipinski definition) is 8. The molecule has 6 aromatic heterocycles. The maximum atomic E-state index is 14.0. The molecule has 6 nitrogen and oxygen atoms in total. The maximum absolute atomic E-state index is 14.0. The van der Waals surface area contributed by atoms with Gasteiger partial charge in [-0.1, -0.05) is 48.0 Å². The van der Waals surface area contributed by atoms with Crippen molar-refractivity contribution >= 4 is 66.1 Å². The molecule has 0 fully saturated rings. The smallest absolute Gasteiger partial charge is 0.143 e. The van der Waals surface area contributed by atoms with Crippen molar-refractivity contribution in [3.63, 3.8) is 0 Å². The summed E-state index contributed by atoms with van der Waals surface area (Å²) in [6.07, 6.45) is 4.80. The van der Waals surface area contributed by atoms with Crippen LogP contribution in [-0.4, -0.2) is 19.9 Å². The summed E-state index contributed by atoms with van der Waals surface area (Å²) in [7, 11) is 0. The van der Waals surface area contributed by atoms with Gasteiger partial charge < -0.3 is 10.2 Å². The van der Waals surface area contributed by atoms with Crippen LogP contribution in [0.4, 0.5) is 20.2 Å². The van der Waals surface area contributed by atoms with Crippen LogP contribution < -0.4 is 10.2 Å². The lowest BCUT2D eigenvalue weighted by Gasteiger charge is -2.35. The Labute approximate surface area is 293 Å². The molecule has 2 aromatic carbocycles. The molecule has 0 amide bonds. The molecule has 240 valence electrons. The van der Waals surface area contributed by atoms with Gasteiger partial charge in [-0.05, 0) is 71.8 Å². The van der Waals surface area contributed by atoms with Gasteiger partial charge in [0, 0.05) is 51.3 Å². The van der Waals surface area contributed by atoms with E-state index >= 15 is 0 Å². The highest BCUT2D eigenvalue weighted by atomic mass is 35.5. The fourth-order valence-electron chi connectivity index (χ4n) is 5.98. The normalized spacial score (nSPS) is 12.0. The summed E-state index contributed by atoms with van der Waals surface area (Å²) in [5.41, 5.74) is 6.82. The predicted octanol–water partition coefficient (Wildman–Crippen LogP) is 10.8. The van der Waals surface area contributed by atoms with Gasteiger partial charge in [0.1, 0.15) is 32.6 Å². The Morgan fingerprint density at radius 2 is 1.35 bits per heavy atom. The topological polar surface area (TPSA) is 66.8 Å². The van der Waals surface area contributed by atoms with E-state index in [0.29, 0.717) is 11.7 Å². The highest BCUT2D eigenvalue weighted by Crippen LogP contribution is 2.44. The van der Waals surface area contributed by atoms with Gasteiger partial charge in [-0.2, -0.15) is 0 Å². The second kappa shape index (κ2) is 13.3. The lowest BCUT2D eigenvalue weighted by molar-refractivity contribution is 0.627. The lowest BCUT2D eigenvalue weighted by Crippen LogP contribution is -2.34. The number of benzene rings is 2. The Kier molecular flexibility index (Phi) is 8.42. The number of hydrogen-bond donors (Lipinski definition) is 1. The van der Waals surface area contributed by atoms with Gasteiger partial charge in [-0.15, -0.1) is 22.7 Å². The summed E-state index contributed by atoms with van der Waals surface area (Å²) in [6.45, 7) is 0.406. The van der Waals surface area contributed by atoms with Crippen molar-refractivity contribution in [3.05, 3.63) is 155 Å². The van der Waals surface area contributed by atoms with E-state index in [1.165, 1.54) is 46.9 Å². The van der Waals surface area contributed by atoms with E-state index in [2.05, 4.69) is 20.6 Å². The van der Waals surface area contributed by atoms with Crippen LogP contribution in [0.5, 0.6) is 0 Å². The highest BCUT2D eigenvalue weighted by Gasteiger charge is 2.28. The van der Waals surface area contributed by atoms with E-state index in [4.69, 9.17) is 26.6 Å². The van der Waals surface area contributed by atoms with E-state index in [1.54, 1.807) is 42.9 Å². The number of pyridine rings is 4. The molecule has 0 aliphatic carbocycles. The van der Waals surface area contributed by atoms with Crippen LogP contribution in [0.2, 0.25) is 5.15 Å². The van der Waals surface area contributed by atoms with Crippen LogP contribution in [-0.2, 0) is 6.54 Å². The minimum atomic E-state index is -0.544. The number of thiophene rings is 2. The van der Waals surface area contributed by atoms with Gasteiger partial charge in [0.2, 0.25) is 0 Å². The Bertz CT molecular complexity index is 2380. The summed E-state index contributed by atoms with van der Waals surface area (Å²) in [5, 5.41) is 10.0. The third kappa shape index (κ3) is 6.22.